The minimum atomic E-state index is 0.873. The van der Waals surface area contributed by atoms with Crippen LogP contribution in [-0.4, -0.2) is 72.8 Å². The number of likely N-dealkylation sites (N-methyl/N-ethyl adjacent to an activating group) is 1. The normalized spacial score (nSPS) is 19.9. The van der Waals surface area contributed by atoms with Gasteiger partial charge in [0, 0.05) is 44.7 Å². The van der Waals surface area contributed by atoms with Crippen molar-refractivity contribution in [3.8, 4) is 0 Å². The molecule has 1 fully saturated rings. The van der Waals surface area contributed by atoms with E-state index in [-0.39, 0.29) is 0 Å². The van der Waals surface area contributed by atoms with Gasteiger partial charge in [0.2, 0.25) is 0 Å². The van der Waals surface area contributed by atoms with Crippen molar-refractivity contribution < 1.29 is 4.74 Å². The lowest BCUT2D eigenvalue weighted by atomic mass is 10.1. The zero-order valence-electron chi connectivity index (χ0n) is 13.8. The number of rotatable bonds is 5. The van der Waals surface area contributed by atoms with Crippen LogP contribution in [0.3, 0.4) is 0 Å². The number of ether oxygens (including phenoxy) is 1. The molecule has 0 aromatic carbocycles. The molecular weight excluding hydrogens is 278 g/mol. The smallest absolute Gasteiger partial charge is 0.134 e. The highest BCUT2D eigenvalue weighted by Crippen LogP contribution is 2.22. The van der Waals surface area contributed by atoms with Crippen molar-refractivity contribution in [2.45, 2.75) is 26.3 Å². The molecule has 0 amide bonds. The lowest BCUT2D eigenvalue weighted by Crippen LogP contribution is -2.37. The van der Waals surface area contributed by atoms with Crippen LogP contribution in [0.5, 0.6) is 0 Å². The summed E-state index contributed by atoms with van der Waals surface area (Å²) in [5.41, 5.74) is 2.51. The van der Waals surface area contributed by atoms with Crippen molar-refractivity contribution in [1.82, 2.24) is 19.8 Å². The van der Waals surface area contributed by atoms with Gasteiger partial charge in [-0.05, 0) is 26.9 Å². The van der Waals surface area contributed by atoms with Crippen molar-refractivity contribution in [2.24, 2.45) is 0 Å². The molecule has 0 saturated carbocycles. The number of fused-ring (bicyclic) bond motifs is 1. The molecule has 3 rings (SSSR count). The van der Waals surface area contributed by atoms with Crippen LogP contribution >= 0.6 is 0 Å². The largest absolute Gasteiger partial charge is 0.379 e. The Balaban J connectivity index is 1.54. The number of anilines is 1. The monoisotopic (exact) mass is 305 g/mol. The number of nitrogens with zero attached hydrogens (tertiary/aromatic N) is 4. The van der Waals surface area contributed by atoms with Crippen LogP contribution in [0.2, 0.25) is 0 Å². The van der Waals surface area contributed by atoms with Gasteiger partial charge in [-0.2, -0.15) is 0 Å². The third kappa shape index (κ3) is 3.94. The topological polar surface area (TPSA) is 53.5 Å². The van der Waals surface area contributed by atoms with Gasteiger partial charge in [0.05, 0.1) is 18.9 Å². The summed E-state index contributed by atoms with van der Waals surface area (Å²) < 4.78 is 5.38. The molecule has 1 N–H and O–H groups in total. The number of aromatic nitrogens is 2. The van der Waals surface area contributed by atoms with Gasteiger partial charge in [-0.3, -0.25) is 4.90 Å². The maximum Gasteiger partial charge on any atom is 0.134 e. The first-order chi connectivity index (χ1) is 10.7. The van der Waals surface area contributed by atoms with Gasteiger partial charge in [0.15, 0.2) is 0 Å². The van der Waals surface area contributed by atoms with Crippen LogP contribution in [-0.2, 0) is 17.7 Å². The Morgan fingerprint density at radius 3 is 2.82 bits per heavy atom. The summed E-state index contributed by atoms with van der Waals surface area (Å²) in [5.74, 6) is 1.91. The second-order valence-corrected chi connectivity index (χ2v) is 6.27. The van der Waals surface area contributed by atoms with Gasteiger partial charge in [0.1, 0.15) is 11.6 Å². The number of hydrogen-bond donors (Lipinski definition) is 1. The SMILES string of the molecule is Cc1nc2c(c(NCCCN3CCOCC3)n1)CN(C)CC2. The quantitative estimate of drug-likeness (QED) is 0.816. The molecule has 0 aliphatic carbocycles. The summed E-state index contributed by atoms with van der Waals surface area (Å²) in [7, 11) is 2.16. The molecule has 2 aliphatic rings. The van der Waals surface area contributed by atoms with E-state index < -0.39 is 0 Å². The first-order valence-electron chi connectivity index (χ1n) is 8.31. The van der Waals surface area contributed by atoms with Gasteiger partial charge >= 0.3 is 0 Å². The first-order valence-corrected chi connectivity index (χ1v) is 8.31. The van der Waals surface area contributed by atoms with Crippen molar-refractivity contribution in [2.75, 3.05) is 58.3 Å². The predicted molar refractivity (Wildman–Crippen MR) is 87.2 cm³/mol. The third-order valence-corrected chi connectivity index (χ3v) is 4.41. The van der Waals surface area contributed by atoms with E-state index in [0.29, 0.717) is 0 Å². The summed E-state index contributed by atoms with van der Waals surface area (Å²) in [6, 6.07) is 0. The maximum atomic E-state index is 5.38. The molecule has 6 nitrogen and oxygen atoms in total. The van der Waals surface area contributed by atoms with Crippen LogP contribution < -0.4 is 5.32 Å². The summed E-state index contributed by atoms with van der Waals surface area (Å²) in [5, 5.41) is 3.54. The second kappa shape index (κ2) is 7.35. The van der Waals surface area contributed by atoms with E-state index in [1.165, 1.54) is 11.3 Å². The van der Waals surface area contributed by atoms with E-state index in [9.17, 15) is 0 Å². The van der Waals surface area contributed by atoms with Gasteiger partial charge in [-0.15, -0.1) is 0 Å². The fraction of sp³-hybridized carbons (Fsp3) is 0.750. The van der Waals surface area contributed by atoms with Gasteiger partial charge in [-0.1, -0.05) is 0 Å². The van der Waals surface area contributed by atoms with Crippen LogP contribution in [0.15, 0.2) is 0 Å². The number of nitrogens with one attached hydrogen (secondary N) is 1. The lowest BCUT2D eigenvalue weighted by Gasteiger charge is -2.27. The van der Waals surface area contributed by atoms with E-state index in [0.717, 1.165) is 77.0 Å². The molecule has 3 heterocycles. The fourth-order valence-corrected chi connectivity index (χ4v) is 3.15. The lowest BCUT2D eigenvalue weighted by molar-refractivity contribution is 0.0378. The highest BCUT2D eigenvalue weighted by atomic mass is 16.5. The molecule has 1 saturated heterocycles. The zero-order valence-corrected chi connectivity index (χ0v) is 13.8. The molecule has 0 atom stereocenters. The standard InChI is InChI=1S/C16H27N5O/c1-13-18-15-4-7-20(2)12-14(15)16(19-13)17-5-3-6-21-8-10-22-11-9-21/h3-12H2,1-2H3,(H,17,18,19). The number of morpholine rings is 1. The third-order valence-electron chi connectivity index (χ3n) is 4.41. The van der Waals surface area contributed by atoms with E-state index in [2.05, 4.69) is 32.1 Å². The average molecular weight is 305 g/mol. The molecular formula is C16H27N5O. The number of hydrogen-bond acceptors (Lipinski definition) is 6. The van der Waals surface area contributed by atoms with Crippen molar-refractivity contribution >= 4 is 5.82 Å². The van der Waals surface area contributed by atoms with Gasteiger partial charge in [-0.25, -0.2) is 9.97 Å². The van der Waals surface area contributed by atoms with E-state index in [1.807, 2.05) is 6.92 Å². The Hall–Kier alpha value is -1.24. The Bertz CT molecular complexity index is 502. The zero-order chi connectivity index (χ0) is 15.4. The van der Waals surface area contributed by atoms with Crippen LogP contribution in [0.1, 0.15) is 23.5 Å². The van der Waals surface area contributed by atoms with E-state index in [4.69, 9.17) is 4.74 Å². The van der Waals surface area contributed by atoms with E-state index >= 15 is 0 Å². The van der Waals surface area contributed by atoms with Crippen LogP contribution in [0.25, 0.3) is 0 Å². The molecule has 6 heteroatoms. The summed E-state index contributed by atoms with van der Waals surface area (Å²) in [4.78, 5) is 14.0. The van der Waals surface area contributed by atoms with Crippen molar-refractivity contribution in [3.63, 3.8) is 0 Å². The Morgan fingerprint density at radius 2 is 2.00 bits per heavy atom. The molecule has 1 aromatic rings. The Kier molecular flexibility index (Phi) is 5.23. The first kappa shape index (κ1) is 15.6. The molecule has 22 heavy (non-hydrogen) atoms. The minimum absolute atomic E-state index is 0.873. The maximum absolute atomic E-state index is 5.38. The predicted octanol–water partition coefficient (Wildman–Crippen LogP) is 0.907. The van der Waals surface area contributed by atoms with Crippen molar-refractivity contribution in [1.29, 1.82) is 0 Å². The van der Waals surface area contributed by atoms with E-state index in [1.54, 1.807) is 0 Å². The Morgan fingerprint density at radius 1 is 1.18 bits per heavy atom. The highest BCUT2D eigenvalue weighted by molar-refractivity contribution is 5.47. The van der Waals surface area contributed by atoms with Crippen LogP contribution in [0, 0.1) is 6.92 Å². The molecule has 0 radical (unpaired) electrons. The van der Waals surface area contributed by atoms with Gasteiger partial charge in [0.25, 0.3) is 0 Å². The molecule has 0 spiro atoms. The summed E-state index contributed by atoms with van der Waals surface area (Å²) in [6.07, 6.45) is 2.16. The van der Waals surface area contributed by atoms with Crippen molar-refractivity contribution in [3.05, 3.63) is 17.1 Å². The second-order valence-electron chi connectivity index (χ2n) is 6.27. The minimum Gasteiger partial charge on any atom is -0.379 e. The molecule has 0 bridgehead atoms. The van der Waals surface area contributed by atoms with Gasteiger partial charge < -0.3 is 15.0 Å². The average Bonchev–Trinajstić information content (AvgIpc) is 2.53. The number of aryl methyl sites for hydroxylation is 1. The molecule has 2 aliphatic heterocycles. The molecule has 122 valence electrons. The summed E-state index contributed by atoms with van der Waals surface area (Å²) in [6.45, 7) is 9.97. The highest BCUT2D eigenvalue weighted by Gasteiger charge is 2.19. The Labute approximate surface area is 132 Å². The molecule has 0 unspecified atom stereocenters. The molecule has 1 aromatic heterocycles. The van der Waals surface area contributed by atoms with Crippen LogP contribution in [0.4, 0.5) is 5.82 Å². The summed E-state index contributed by atoms with van der Waals surface area (Å²) >= 11 is 0. The fourth-order valence-electron chi connectivity index (χ4n) is 3.15.